The van der Waals surface area contributed by atoms with Gasteiger partial charge in [-0.15, -0.1) is 0 Å². The smallest absolute Gasteiger partial charge is 0.259 e. The lowest BCUT2D eigenvalue weighted by molar-refractivity contribution is 0.0796. The van der Waals surface area contributed by atoms with E-state index in [9.17, 15) is 4.79 Å². The second-order valence-electron chi connectivity index (χ2n) is 8.10. The highest BCUT2D eigenvalue weighted by molar-refractivity contribution is 6.00. The van der Waals surface area contributed by atoms with Crippen molar-refractivity contribution >= 4 is 5.91 Å². The zero-order valence-electron chi connectivity index (χ0n) is 17.2. The maximum atomic E-state index is 13.1. The monoisotopic (exact) mass is 377 g/mol. The topological polar surface area (TPSA) is 59.2 Å². The molecule has 5 heteroatoms. The lowest BCUT2D eigenvalue weighted by atomic mass is 9.86. The van der Waals surface area contributed by atoms with Gasteiger partial charge in [-0.1, -0.05) is 56.3 Å². The third kappa shape index (κ3) is 4.30. The number of likely N-dealkylation sites (N-methyl/N-ethyl adjacent to an activating group) is 1. The quantitative estimate of drug-likeness (QED) is 0.649. The number of pyridine rings is 1. The summed E-state index contributed by atoms with van der Waals surface area (Å²) in [6.07, 6.45) is 2.46. The molecule has 3 rings (SSSR count). The van der Waals surface area contributed by atoms with Crippen LogP contribution in [0.2, 0.25) is 0 Å². The molecule has 0 aliphatic rings. The number of carbonyl (C=O) groups excluding carboxylic acids is 1. The maximum Gasteiger partial charge on any atom is 0.259 e. The van der Waals surface area contributed by atoms with Crippen molar-refractivity contribution in [3.63, 3.8) is 0 Å². The van der Waals surface area contributed by atoms with Gasteiger partial charge in [0.05, 0.1) is 5.69 Å². The maximum absolute atomic E-state index is 13.1. The molecule has 0 unspecified atom stereocenters. The third-order valence-corrected chi connectivity index (χ3v) is 4.87. The van der Waals surface area contributed by atoms with E-state index in [0.717, 1.165) is 11.3 Å². The molecular formula is C23H27N3O2. The van der Waals surface area contributed by atoms with Crippen LogP contribution >= 0.6 is 0 Å². The van der Waals surface area contributed by atoms with Gasteiger partial charge in [0.2, 0.25) is 0 Å². The molecule has 0 aliphatic heterocycles. The normalized spacial score (nSPS) is 11.5. The van der Waals surface area contributed by atoms with Gasteiger partial charge in [0.25, 0.3) is 5.91 Å². The Hall–Kier alpha value is -2.95. The van der Waals surface area contributed by atoms with E-state index in [4.69, 9.17) is 4.52 Å². The van der Waals surface area contributed by atoms with Crippen LogP contribution in [-0.4, -0.2) is 34.5 Å². The van der Waals surface area contributed by atoms with E-state index in [-0.39, 0.29) is 11.3 Å². The Morgan fingerprint density at radius 3 is 2.43 bits per heavy atom. The summed E-state index contributed by atoms with van der Waals surface area (Å²) in [5.41, 5.74) is 4.24. The molecule has 0 aliphatic carbocycles. The van der Waals surface area contributed by atoms with Crippen LogP contribution < -0.4 is 0 Å². The number of benzene rings is 1. The van der Waals surface area contributed by atoms with E-state index < -0.39 is 0 Å². The van der Waals surface area contributed by atoms with Crippen molar-refractivity contribution in [3.8, 4) is 11.3 Å². The van der Waals surface area contributed by atoms with Crippen LogP contribution in [0, 0.1) is 6.92 Å². The van der Waals surface area contributed by atoms with E-state index in [0.29, 0.717) is 30.0 Å². The van der Waals surface area contributed by atoms with Crippen molar-refractivity contribution in [3.05, 3.63) is 71.2 Å². The highest BCUT2D eigenvalue weighted by Gasteiger charge is 2.25. The minimum Gasteiger partial charge on any atom is -0.355 e. The van der Waals surface area contributed by atoms with Crippen molar-refractivity contribution < 1.29 is 9.32 Å². The molecule has 0 N–H and O–H groups in total. The molecule has 2 aromatic heterocycles. The second kappa shape index (κ2) is 7.97. The van der Waals surface area contributed by atoms with Crippen LogP contribution in [0.5, 0.6) is 0 Å². The van der Waals surface area contributed by atoms with Gasteiger partial charge in [-0.25, -0.2) is 0 Å². The molecule has 0 saturated carbocycles. The van der Waals surface area contributed by atoms with Crippen molar-refractivity contribution in [1.82, 2.24) is 15.0 Å². The van der Waals surface area contributed by atoms with Gasteiger partial charge in [0.15, 0.2) is 5.76 Å². The molecule has 1 amide bonds. The molecule has 0 radical (unpaired) electrons. The van der Waals surface area contributed by atoms with Gasteiger partial charge in [0, 0.05) is 37.5 Å². The summed E-state index contributed by atoms with van der Waals surface area (Å²) < 4.78 is 5.53. The Labute approximate surface area is 166 Å². The number of aromatic nitrogens is 2. The fourth-order valence-corrected chi connectivity index (χ4v) is 3.06. The van der Waals surface area contributed by atoms with Gasteiger partial charge in [-0.2, -0.15) is 0 Å². The van der Waals surface area contributed by atoms with Gasteiger partial charge in [0.1, 0.15) is 5.56 Å². The molecule has 146 valence electrons. The number of nitrogens with zero attached hydrogens (tertiary/aromatic N) is 3. The molecule has 5 nitrogen and oxygen atoms in total. The Morgan fingerprint density at radius 2 is 1.82 bits per heavy atom. The molecular weight excluding hydrogens is 350 g/mol. The standard InChI is InChI=1S/C23H27N3O2/c1-16-20(22(27)26(5)15-13-19-8-6-7-14-24-19)21(28-25-16)17-9-11-18(12-10-17)23(2,3)4/h6-12,14H,13,15H2,1-5H3. The van der Waals surface area contributed by atoms with Gasteiger partial charge in [-0.05, 0) is 30.0 Å². The lowest BCUT2D eigenvalue weighted by Crippen LogP contribution is -2.29. The molecule has 0 saturated heterocycles. The predicted molar refractivity (Wildman–Crippen MR) is 110 cm³/mol. The lowest BCUT2D eigenvalue weighted by Gasteiger charge is -2.19. The second-order valence-corrected chi connectivity index (χ2v) is 8.10. The Kier molecular flexibility index (Phi) is 5.63. The summed E-state index contributed by atoms with van der Waals surface area (Å²) in [5.74, 6) is 0.428. The molecule has 0 fully saturated rings. The first-order chi connectivity index (χ1) is 13.3. The first-order valence-electron chi connectivity index (χ1n) is 9.50. The summed E-state index contributed by atoms with van der Waals surface area (Å²) in [4.78, 5) is 19.1. The number of carbonyl (C=O) groups is 1. The molecule has 28 heavy (non-hydrogen) atoms. The Morgan fingerprint density at radius 1 is 1.11 bits per heavy atom. The minimum absolute atomic E-state index is 0.0696. The highest BCUT2D eigenvalue weighted by atomic mass is 16.5. The van der Waals surface area contributed by atoms with Crippen molar-refractivity contribution in [2.45, 2.75) is 39.5 Å². The number of aryl methyl sites for hydroxylation is 1. The van der Waals surface area contributed by atoms with Crippen LogP contribution in [0.3, 0.4) is 0 Å². The van der Waals surface area contributed by atoms with Gasteiger partial charge >= 0.3 is 0 Å². The molecule has 0 bridgehead atoms. The van der Waals surface area contributed by atoms with Crippen LogP contribution in [0.15, 0.2) is 53.2 Å². The number of hydrogen-bond donors (Lipinski definition) is 0. The van der Waals surface area contributed by atoms with Crippen LogP contribution in [0.1, 0.15) is 48.1 Å². The zero-order valence-corrected chi connectivity index (χ0v) is 17.2. The molecule has 1 aromatic carbocycles. The number of hydrogen-bond acceptors (Lipinski definition) is 4. The van der Waals surface area contributed by atoms with E-state index in [1.807, 2.05) is 30.3 Å². The van der Waals surface area contributed by atoms with Crippen LogP contribution in [0.25, 0.3) is 11.3 Å². The first-order valence-corrected chi connectivity index (χ1v) is 9.50. The van der Waals surface area contributed by atoms with Crippen molar-refractivity contribution in [2.24, 2.45) is 0 Å². The van der Waals surface area contributed by atoms with Crippen molar-refractivity contribution in [2.75, 3.05) is 13.6 Å². The average Bonchev–Trinajstić information content (AvgIpc) is 3.07. The van der Waals surface area contributed by atoms with Gasteiger partial charge in [-0.3, -0.25) is 9.78 Å². The molecule has 0 atom stereocenters. The summed E-state index contributed by atoms with van der Waals surface area (Å²) in [7, 11) is 1.80. The summed E-state index contributed by atoms with van der Waals surface area (Å²) in [6.45, 7) is 8.89. The molecule has 2 heterocycles. The van der Waals surface area contributed by atoms with Crippen LogP contribution in [0.4, 0.5) is 0 Å². The first kappa shape index (κ1) is 19.8. The Balaban J connectivity index is 1.81. The summed E-state index contributed by atoms with van der Waals surface area (Å²) in [5, 5.41) is 4.05. The number of amides is 1. The van der Waals surface area contributed by atoms with Gasteiger partial charge < -0.3 is 9.42 Å². The van der Waals surface area contributed by atoms with Crippen LogP contribution in [-0.2, 0) is 11.8 Å². The molecule has 0 spiro atoms. The van der Waals surface area contributed by atoms with E-state index in [1.54, 1.807) is 25.1 Å². The zero-order chi connectivity index (χ0) is 20.3. The van der Waals surface area contributed by atoms with E-state index in [2.05, 4.69) is 43.0 Å². The average molecular weight is 377 g/mol. The van der Waals surface area contributed by atoms with E-state index >= 15 is 0 Å². The SMILES string of the molecule is Cc1noc(-c2ccc(C(C)(C)C)cc2)c1C(=O)N(C)CCc1ccccn1. The predicted octanol–water partition coefficient (Wildman–Crippen LogP) is 4.66. The fraction of sp³-hybridized carbons (Fsp3) is 0.348. The summed E-state index contributed by atoms with van der Waals surface area (Å²) >= 11 is 0. The fourth-order valence-electron chi connectivity index (χ4n) is 3.06. The van der Waals surface area contributed by atoms with Crippen molar-refractivity contribution in [1.29, 1.82) is 0 Å². The summed E-state index contributed by atoms with van der Waals surface area (Å²) in [6, 6.07) is 13.9. The Bertz CT molecular complexity index is 938. The minimum atomic E-state index is -0.0930. The highest BCUT2D eigenvalue weighted by Crippen LogP contribution is 2.30. The third-order valence-electron chi connectivity index (χ3n) is 4.87. The number of rotatable bonds is 5. The largest absolute Gasteiger partial charge is 0.355 e. The van der Waals surface area contributed by atoms with E-state index in [1.165, 1.54) is 5.56 Å². The molecule has 3 aromatic rings.